The van der Waals surface area contributed by atoms with E-state index in [4.69, 9.17) is 4.74 Å². The van der Waals surface area contributed by atoms with Crippen LogP contribution >= 0.6 is 11.3 Å². The smallest absolute Gasteiger partial charge is 0.0707 e. The average Bonchev–Trinajstić information content (AvgIpc) is 2.97. The van der Waals surface area contributed by atoms with E-state index < -0.39 is 0 Å². The number of hydrogen-bond acceptors (Lipinski definition) is 4. The lowest BCUT2D eigenvalue weighted by Crippen LogP contribution is -2.41. The van der Waals surface area contributed by atoms with E-state index in [9.17, 15) is 0 Å². The number of likely N-dealkylation sites (tertiary alicyclic amines) is 1. The monoisotopic (exact) mass is 280 g/mol. The standard InChI is InChI=1S/C15H24N2OS/c1-2-7-16-8-14-5-6-15(19-14)11-17-9-12-3-4-13(10-17)18-12/h5-6,12-13,16H,2-4,7-11H2,1H3. The highest BCUT2D eigenvalue weighted by molar-refractivity contribution is 7.11. The maximum absolute atomic E-state index is 5.89. The molecule has 2 atom stereocenters. The lowest BCUT2D eigenvalue weighted by atomic mass is 10.2. The highest BCUT2D eigenvalue weighted by Crippen LogP contribution is 2.28. The quantitative estimate of drug-likeness (QED) is 0.811. The summed E-state index contributed by atoms with van der Waals surface area (Å²) in [7, 11) is 0. The van der Waals surface area contributed by atoms with Gasteiger partial charge in [-0.15, -0.1) is 11.3 Å². The first-order valence-electron chi connectivity index (χ1n) is 7.49. The molecule has 0 aliphatic carbocycles. The van der Waals surface area contributed by atoms with Crippen LogP contribution in [0.25, 0.3) is 0 Å². The van der Waals surface area contributed by atoms with E-state index >= 15 is 0 Å². The second-order valence-corrected chi connectivity index (χ2v) is 6.95. The number of thiophene rings is 1. The zero-order chi connectivity index (χ0) is 13.1. The first-order valence-corrected chi connectivity index (χ1v) is 8.31. The number of ether oxygens (including phenoxy) is 1. The molecule has 3 rings (SSSR count). The molecule has 0 radical (unpaired) electrons. The van der Waals surface area contributed by atoms with Crippen molar-refractivity contribution < 1.29 is 4.74 Å². The van der Waals surface area contributed by atoms with Gasteiger partial charge in [0, 0.05) is 35.9 Å². The minimum absolute atomic E-state index is 0.504. The van der Waals surface area contributed by atoms with Gasteiger partial charge in [-0.2, -0.15) is 0 Å². The first-order chi connectivity index (χ1) is 9.33. The summed E-state index contributed by atoms with van der Waals surface area (Å²) in [5.74, 6) is 0. The largest absolute Gasteiger partial charge is 0.372 e. The molecule has 0 spiro atoms. The Morgan fingerprint density at radius 1 is 1.26 bits per heavy atom. The number of rotatable bonds is 6. The molecule has 2 unspecified atom stereocenters. The van der Waals surface area contributed by atoms with Crippen molar-refractivity contribution in [1.82, 2.24) is 10.2 Å². The van der Waals surface area contributed by atoms with Crippen molar-refractivity contribution in [2.45, 2.75) is 51.5 Å². The predicted molar refractivity (Wildman–Crippen MR) is 79.5 cm³/mol. The molecule has 0 amide bonds. The molecule has 19 heavy (non-hydrogen) atoms. The van der Waals surface area contributed by atoms with Gasteiger partial charge in [-0.05, 0) is 37.9 Å². The van der Waals surface area contributed by atoms with Crippen molar-refractivity contribution in [1.29, 1.82) is 0 Å². The van der Waals surface area contributed by atoms with Gasteiger partial charge in [-0.1, -0.05) is 6.92 Å². The van der Waals surface area contributed by atoms with E-state index in [2.05, 4.69) is 29.3 Å². The van der Waals surface area contributed by atoms with Gasteiger partial charge in [-0.25, -0.2) is 0 Å². The van der Waals surface area contributed by atoms with E-state index in [0.717, 1.165) is 32.7 Å². The lowest BCUT2D eigenvalue weighted by Gasteiger charge is -2.31. The Labute approximate surface area is 119 Å². The summed E-state index contributed by atoms with van der Waals surface area (Å²) in [5.41, 5.74) is 0. The predicted octanol–water partition coefficient (Wildman–Crippen LogP) is 2.61. The lowest BCUT2D eigenvalue weighted by molar-refractivity contribution is -0.0407. The van der Waals surface area contributed by atoms with Gasteiger partial charge >= 0.3 is 0 Å². The maximum Gasteiger partial charge on any atom is 0.0707 e. The minimum atomic E-state index is 0.504. The van der Waals surface area contributed by atoms with E-state index in [-0.39, 0.29) is 0 Å². The molecule has 2 fully saturated rings. The highest BCUT2D eigenvalue weighted by atomic mass is 32.1. The Kier molecular flexibility index (Phi) is 4.53. The van der Waals surface area contributed by atoms with E-state index in [1.165, 1.54) is 29.0 Å². The third kappa shape index (κ3) is 3.57. The summed E-state index contributed by atoms with van der Waals surface area (Å²) < 4.78 is 5.89. The third-order valence-electron chi connectivity index (χ3n) is 3.94. The van der Waals surface area contributed by atoms with Gasteiger partial charge in [-0.3, -0.25) is 4.90 Å². The van der Waals surface area contributed by atoms with E-state index in [1.54, 1.807) is 0 Å². The van der Waals surface area contributed by atoms with Crippen LogP contribution in [0.4, 0.5) is 0 Å². The van der Waals surface area contributed by atoms with Crippen LogP contribution in [0.1, 0.15) is 35.9 Å². The van der Waals surface area contributed by atoms with Gasteiger partial charge in [0.05, 0.1) is 12.2 Å². The molecule has 2 bridgehead atoms. The molecule has 1 aromatic rings. The molecule has 4 heteroatoms. The molecule has 2 saturated heterocycles. The summed E-state index contributed by atoms with van der Waals surface area (Å²) >= 11 is 1.95. The Morgan fingerprint density at radius 3 is 2.74 bits per heavy atom. The minimum Gasteiger partial charge on any atom is -0.372 e. The molecule has 2 aliphatic rings. The number of nitrogens with one attached hydrogen (secondary N) is 1. The molecule has 1 aromatic heterocycles. The molecule has 3 heterocycles. The van der Waals surface area contributed by atoms with Crippen molar-refractivity contribution in [2.24, 2.45) is 0 Å². The normalized spacial score (nSPS) is 27.0. The fraction of sp³-hybridized carbons (Fsp3) is 0.733. The Balaban J connectivity index is 1.49. The van der Waals surface area contributed by atoms with Gasteiger partial charge in [0.25, 0.3) is 0 Å². The molecular weight excluding hydrogens is 256 g/mol. The molecule has 106 valence electrons. The average molecular weight is 280 g/mol. The van der Waals surface area contributed by atoms with Gasteiger partial charge in [0.1, 0.15) is 0 Å². The first kappa shape index (κ1) is 13.6. The van der Waals surface area contributed by atoms with Crippen molar-refractivity contribution in [3.63, 3.8) is 0 Å². The molecule has 0 aromatic carbocycles. The van der Waals surface area contributed by atoms with Gasteiger partial charge in [0.15, 0.2) is 0 Å². The second-order valence-electron chi connectivity index (χ2n) is 5.70. The zero-order valence-electron chi connectivity index (χ0n) is 11.7. The van der Waals surface area contributed by atoms with Crippen molar-refractivity contribution in [3.8, 4) is 0 Å². The Hall–Kier alpha value is -0.420. The summed E-state index contributed by atoms with van der Waals surface area (Å²) in [6.45, 7) is 7.69. The van der Waals surface area contributed by atoms with Crippen LogP contribution < -0.4 is 5.32 Å². The van der Waals surface area contributed by atoms with Crippen molar-refractivity contribution >= 4 is 11.3 Å². The number of fused-ring (bicyclic) bond motifs is 2. The molecule has 1 N–H and O–H groups in total. The van der Waals surface area contributed by atoms with E-state index in [1.807, 2.05) is 11.3 Å². The van der Waals surface area contributed by atoms with Crippen molar-refractivity contribution in [2.75, 3.05) is 19.6 Å². The molecule has 3 nitrogen and oxygen atoms in total. The SMILES string of the molecule is CCCNCc1ccc(CN2CC3CCC(C2)O3)s1. The molecule has 0 saturated carbocycles. The third-order valence-corrected chi connectivity index (χ3v) is 5.01. The fourth-order valence-electron chi connectivity index (χ4n) is 3.04. The van der Waals surface area contributed by atoms with Gasteiger partial charge < -0.3 is 10.1 Å². The summed E-state index contributed by atoms with van der Waals surface area (Å²) in [6.07, 6.45) is 4.73. The summed E-state index contributed by atoms with van der Waals surface area (Å²) in [5, 5.41) is 3.47. The molecular formula is C15H24N2OS. The number of nitrogens with zero attached hydrogens (tertiary/aromatic N) is 1. The van der Waals surface area contributed by atoms with Crippen LogP contribution in [0.15, 0.2) is 12.1 Å². The van der Waals surface area contributed by atoms with Crippen LogP contribution in [-0.2, 0) is 17.8 Å². The zero-order valence-corrected chi connectivity index (χ0v) is 12.5. The van der Waals surface area contributed by atoms with Crippen molar-refractivity contribution in [3.05, 3.63) is 21.9 Å². The second kappa shape index (κ2) is 6.35. The van der Waals surface area contributed by atoms with Crippen LogP contribution in [0.5, 0.6) is 0 Å². The van der Waals surface area contributed by atoms with E-state index in [0.29, 0.717) is 12.2 Å². The summed E-state index contributed by atoms with van der Waals surface area (Å²) in [6, 6.07) is 4.57. The number of morpholine rings is 1. The number of hydrogen-bond donors (Lipinski definition) is 1. The fourth-order valence-corrected chi connectivity index (χ4v) is 4.07. The summed E-state index contributed by atoms with van der Waals surface area (Å²) in [4.78, 5) is 5.52. The Morgan fingerprint density at radius 2 is 2.00 bits per heavy atom. The van der Waals surface area contributed by atoms with Crippen LogP contribution in [0, 0.1) is 0 Å². The topological polar surface area (TPSA) is 24.5 Å². The van der Waals surface area contributed by atoms with Crippen LogP contribution in [0.2, 0.25) is 0 Å². The van der Waals surface area contributed by atoms with Gasteiger partial charge in [0.2, 0.25) is 0 Å². The maximum atomic E-state index is 5.89. The molecule has 2 aliphatic heterocycles. The Bertz CT molecular complexity index is 395. The van der Waals surface area contributed by atoms with Crippen LogP contribution in [-0.4, -0.2) is 36.7 Å². The highest BCUT2D eigenvalue weighted by Gasteiger charge is 2.33. The van der Waals surface area contributed by atoms with Crippen LogP contribution in [0.3, 0.4) is 0 Å².